The number of ether oxygens (including phenoxy) is 1. The largest absolute Gasteiger partial charge is 0.442 e. The van der Waals surface area contributed by atoms with E-state index in [9.17, 15) is 4.79 Å². The van der Waals surface area contributed by atoms with Crippen molar-refractivity contribution in [1.82, 2.24) is 9.78 Å². The number of nitrogens with two attached hydrogens (primary N) is 1. The zero-order chi connectivity index (χ0) is 14.9. The predicted molar refractivity (Wildman–Crippen MR) is 81.8 cm³/mol. The Kier molecular flexibility index (Phi) is 3.63. The summed E-state index contributed by atoms with van der Waals surface area (Å²) in [6, 6.07) is 5.43. The number of aromatic nitrogens is 2. The lowest BCUT2D eigenvalue weighted by Crippen LogP contribution is -2.28. The first-order chi connectivity index (χ1) is 9.28. The SMILES string of the molecule is CC(C)(C)OC(=O)n1ncc2cccc(NC(N)=S)c21. The van der Waals surface area contributed by atoms with Gasteiger partial charge in [0.15, 0.2) is 5.11 Å². The molecule has 0 aliphatic rings. The first-order valence-electron chi connectivity index (χ1n) is 6.04. The van der Waals surface area contributed by atoms with Gasteiger partial charge in [-0.3, -0.25) is 0 Å². The van der Waals surface area contributed by atoms with Gasteiger partial charge in [0, 0.05) is 5.39 Å². The first-order valence-corrected chi connectivity index (χ1v) is 6.45. The normalized spacial score (nSPS) is 11.3. The molecule has 0 spiro atoms. The molecule has 3 N–H and O–H groups in total. The monoisotopic (exact) mass is 292 g/mol. The standard InChI is InChI=1S/C13H16N4O2S/c1-13(2,3)19-12(18)17-10-8(7-15-17)5-4-6-9(10)16-11(14)20/h4-7H,1-3H3,(H3,14,16,20). The van der Waals surface area contributed by atoms with Crippen molar-refractivity contribution in [3.63, 3.8) is 0 Å². The Morgan fingerprint density at radius 1 is 1.45 bits per heavy atom. The zero-order valence-corrected chi connectivity index (χ0v) is 12.3. The van der Waals surface area contributed by atoms with E-state index in [2.05, 4.69) is 10.4 Å². The third-order valence-corrected chi connectivity index (χ3v) is 2.52. The highest BCUT2D eigenvalue weighted by Gasteiger charge is 2.21. The number of nitrogens with zero attached hydrogens (tertiary/aromatic N) is 2. The summed E-state index contributed by atoms with van der Waals surface area (Å²) < 4.78 is 6.52. The Bertz CT molecular complexity index is 673. The molecule has 1 aromatic carbocycles. The Morgan fingerprint density at radius 2 is 2.15 bits per heavy atom. The molecule has 0 bridgehead atoms. The molecule has 0 atom stereocenters. The van der Waals surface area contributed by atoms with Crippen LogP contribution in [0.2, 0.25) is 0 Å². The van der Waals surface area contributed by atoms with E-state index >= 15 is 0 Å². The maximum absolute atomic E-state index is 12.2. The van der Waals surface area contributed by atoms with Crippen LogP contribution < -0.4 is 11.1 Å². The van der Waals surface area contributed by atoms with Gasteiger partial charge in [-0.25, -0.2) is 4.79 Å². The van der Waals surface area contributed by atoms with Crippen molar-refractivity contribution in [2.24, 2.45) is 5.73 Å². The van der Waals surface area contributed by atoms with E-state index in [1.807, 2.05) is 12.1 Å². The molecule has 0 aliphatic heterocycles. The van der Waals surface area contributed by atoms with Crippen LogP contribution in [0.1, 0.15) is 20.8 Å². The van der Waals surface area contributed by atoms with Crippen molar-refractivity contribution >= 4 is 40.0 Å². The first kappa shape index (κ1) is 14.3. The minimum absolute atomic E-state index is 0.120. The van der Waals surface area contributed by atoms with E-state index in [-0.39, 0.29) is 5.11 Å². The Labute approximate surface area is 121 Å². The molecule has 20 heavy (non-hydrogen) atoms. The number of fused-ring (bicyclic) bond motifs is 1. The topological polar surface area (TPSA) is 82.2 Å². The summed E-state index contributed by atoms with van der Waals surface area (Å²) in [5, 5.41) is 7.81. The lowest BCUT2D eigenvalue weighted by atomic mass is 10.2. The summed E-state index contributed by atoms with van der Waals surface area (Å²) in [7, 11) is 0. The second kappa shape index (κ2) is 5.09. The number of para-hydroxylation sites is 1. The molecule has 0 unspecified atom stereocenters. The number of hydrogen-bond acceptors (Lipinski definition) is 4. The second-order valence-electron chi connectivity index (χ2n) is 5.27. The van der Waals surface area contributed by atoms with Gasteiger partial charge in [0.25, 0.3) is 0 Å². The van der Waals surface area contributed by atoms with Crippen LogP contribution in [-0.4, -0.2) is 26.6 Å². The van der Waals surface area contributed by atoms with Crippen molar-refractivity contribution in [3.05, 3.63) is 24.4 Å². The third kappa shape index (κ3) is 3.05. The molecule has 7 heteroatoms. The summed E-state index contributed by atoms with van der Waals surface area (Å²) in [5.74, 6) is 0. The van der Waals surface area contributed by atoms with Gasteiger partial charge in [0.1, 0.15) is 11.1 Å². The fourth-order valence-corrected chi connectivity index (χ4v) is 1.87. The zero-order valence-electron chi connectivity index (χ0n) is 11.5. The van der Waals surface area contributed by atoms with E-state index in [0.29, 0.717) is 11.2 Å². The summed E-state index contributed by atoms with van der Waals surface area (Å²) >= 11 is 4.83. The maximum Gasteiger partial charge on any atom is 0.435 e. The lowest BCUT2D eigenvalue weighted by Gasteiger charge is -2.19. The molecule has 2 aromatic rings. The highest BCUT2D eigenvalue weighted by atomic mass is 32.1. The molecule has 0 saturated heterocycles. The minimum Gasteiger partial charge on any atom is -0.442 e. The van der Waals surface area contributed by atoms with Crippen molar-refractivity contribution < 1.29 is 9.53 Å². The van der Waals surface area contributed by atoms with Gasteiger partial charge in [-0.2, -0.15) is 9.78 Å². The predicted octanol–water partition coefficient (Wildman–Crippen LogP) is 2.47. The van der Waals surface area contributed by atoms with Crippen LogP contribution in [0.25, 0.3) is 10.9 Å². The van der Waals surface area contributed by atoms with Gasteiger partial charge < -0.3 is 15.8 Å². The van der Waals surface area contributed by atoms with Crippen LogP contribution in [0.4, 0.5) is 10.5 Å². The highest BCUT2D eigenvalue weighted by Crippen LogP contribution is 2.24. The van der Waals surface area contributed by atoms with Crippen LogP contribution in [0, 0.1) is 0 Å². The van der Waals surface area contributed by atoms with Gasteiger partial charge in [-0.15, -0.1) is 0 Å². The third-order valence-electron chi connectivity index (χ3n) is 2.42. The maximum atomic E-state index is 12.2. The lowest BCUT2D eigenvalue weighted by molar-refractivity contribution is 0.0523. The van der Waals surface area contributed by atoms with Gasteiger partial charge in [-0.05, 0) is 39.1 Å². The number of carbonyl (C=O) groups is 1. The fraction of sp³-hybridized carbons (Fsp3) is 0.308. The van der Waals surface area contributed by atoms with Gasteiger partial charge in [-0.1, -0.05) is 12.1 Å². The van der Waals surface area contributed by atoms with E-state index < -0.39 is 11.7 Å². The van der Waals surface area contributed by atoms with Crippen molar-refractivity contribution in [1.29, 1.82) is 0 Å². The van der Waals surface area contributed by atoms with Crippen LogP contribution >= 0.6 is 12.2 Å². The molecule has 1 heterocycles. The Balaban J connectivity index is 2.49. The average Bonchev–Trinajstić information content (AvgIpc) is 2.70. The summed E-state index contributed by atoms with van der Waals surface area (Å²) in [6.07, 6.45) is 1.04. The van der Waals surface area contributed by atoms with Gasteiger partial charge in [0.05, 0.1) is 11.9 Å². The van der Waals surface area contributed by atoms with Crippen LogP contribution in [0.3, 0.4) is 0 Å². The van der Waals surface area contributed by atoms with Crippen LogP contribution in [0.5, 0.6) is 0 Å². The van der Waals surface area contributed by atoms with Gasteiger partial charge >= 0.3 is 6.09 Å². The van der Waals surface area contributed by atoms with E-state index in [1.165, 1.54) is 4.68 Å². The van der Waals surface area contributed by atoms with E-state index in [4.69, 9.17) is 22.7 Å². The Morgan fingerprint density at radius 3 is 2.75 bits per heavy atom. The molecule has 0 saturated carbocycles. The summed E-state index contributed by atoms with van der Waals surface area (Å²) in [4.78, 5) is 12.2. The van der Waals surface area contributed by atoms with E-state index in [1.54, 1.807) is 33.0 Å². The molecular weight excluding hydrogens is 276 g/mol. The highest BCUT2D eigenvalue weighted by molar-refractivity contribution is 7.80. The average molecular weight is 292 g/mol. The molecule has 6 nitrogen and oxygen atoms in total. The molecule has 0 fully saturated rings. The van der Waals surface area contributed by atoms with Gasteiger partial charge in [0.2, 0.25) is 0 Å². The molecule has 1 aromatic heterocycles. The second-order valence-corrected chi connectivity index (χ2v) is 5.71. The molecule has 0 aliphatic carbocycles. The number of carbonyl (C=O) groups excluding carboxylic acids is 1. The number of thiocarbonyl (C=S) groups is 1. The number of anilines is 1. The quantitative estimate of drug-likeness (QED) is 0.786. The molecular formula is C13H16N4O2S. The smallest absolute Gasteiger partial charge is 0.435 e. The number of nitrogens with one attached hydrogen (secondary N) is 1. The minimum atomic E-state index is -0.596. The van der Waals surface area contributed by atoms with Crippen LogP contribution in [-0.2, 0) is 4.74 Å². The van der Waals surface area contributed by atoms with Crippen molar-refractivity contribution in [2.75, 3.05) is 5.32 Å². The number of hydrogen-bond donors (Lipinski definition) is 2. The molecule has 0 amide bonds. The van der Waals surface area contributed by atoms with E-state index in [0.717, 1.165) is 5.39 Å². The number of rotatable bonds is 1. The van der Waals surface area contributed by atoms with Crippen molar-refractivity contribution in [3.8, 4) is 0 Å². The molecule has 2 rings (SSSR count). The summed E-state index contributed by atoms with van der Waals surface area (Å²) in [6.45, 7) is 5.39. The van der Waals surface area contributed by atoms with Crippen LogP contribution in [0.15, 0.2) is 24.4 Å². The summed E-state index contributed by atoms with van der Waals surface area (Å²) in [5.41, 5.74) is 6.08. The van der Waals surface area contributed by atoms with Crippen molar-refractivity contribution in [2.45, 2.75) is 26.4 Å². The number of benzene rings is 1. The molecule has 0 radical (unpaired) electrons. The fourth-order valence-electron chi connectivity index (χ4n) is 1.76. The molecule has 106 valence electrons. The Hall–Kier alpha value is -2.15.